The van der Waals surface area contributed by atoms with Gasteiger partial charge < -0.3 is 33.7 Å². The van der Waals surface area contributed by atoms with Gasteiger partial charge in [0.15, 0.2) is 23.0 Å². The Morgan fingerprint density at radius 3 is 2.56 bits per heavy atom. The lowest BCUT2D eigenvalue weighted by Crippen LogP contribution is -2.42. The fourth-order valence-electron chi connectivity index (χ4n) is 4.83. The van der Waals surface area contributed by atoms with Gasteiger partial charge in [0.25, 0.3) is 11.7 Å². The van der Waals surface area contributed by atoms with Crippen LogP contribution in [0.2, 0.25) is 0 Å². The highest BCUT2D eigenvalue weighted by molar-refractivity contribution is 6.46. The first-order valence-electron chi connectivity index (χ1n) is 11.7. The molecule has 1 unspecified atom stereocenters. The van der Waals surface area contributed by atoms with Crippen LogP contribution in [-0.4, -0.2) is 87.0 Å². The van der Waals surface area contributed by atoms with Crippen molar-refractivity contribution in [2.75, 3.05) is 60.4 Å². The van der Waals surface area contributed by atoms with Gasteiger partial charge in [-0.3, -0.25) is 14.5 Å². The summed E-state index contributed by atoms with van der Waals surface area (Å²) in [5.41, 5.74) is 0.866. The van der Waals surface area contributed by atoms with Gasteiger partial charge in [-0.05, 0) is 24.3 Å². The number of hydrogen-bond acceptors (Lipinski definition) is 9. The van der Waals surface area contributed by atoms with Gasteiger partial charge in [-0.1, -0.05) is 12.1 Å². The molecule has 1 atom stereocenters. The molecule has 0 aromatic heterocycles. The highest BCUT2D eigenvalue weighted by atomic mass is 16.7. The van der Waals surface area contributed by atoms with Gasteiger partial charge >= 0.3 is 0 Å². The van der Waals surface area contributed by atoms with Gasteiger partial charge in [0.1, 0.15) is 5.76 Å². The van der Waals surface area contributed by atoms with Crippen LogP contribution >= 0.6 is 0 Å². The maximum atomic E-state index is 13.4. The van der Waals surface area contributed by atoms with Crippen LogP contribution < -0.4 is 18.9 Å². The minimum Gasteiger partial charge on any atom is -0.507 e. The summed E-state index contributed by atoms with van der Waals surface area (Å²) in [4.78, 5) is 30.4. The molecular formula is C26H28N2O8. The Labute approximate surface area is 208 Å². The predicted molar refractivity (Wildman–Crippen MR) is 128 cm³/mol. The zero-order chi connectivity index (χ0) is 25.2. The Morgan fingerprint density at radius 2 is 1.81 bits per heavy atom. The Hall–Kier alpha value is -3.76. The molecule has 2 aromatic rings. The standard InChI is InChI=1S/C26H28N2O8/c1-32-19-5-3-4-17(25(19)33-2)22-21(23(29)16-6-7-18-20(14-16)36-15-35-18)24(30)26(31)28(22)9-8-27-10-12-34-13-11-27/h3-7,14,22,29H,8-13,15H2,1-2H3/b23-21+. The topological polar surface area (TPSA) is 107 Å². The molecule has 1 amide bonds. The number of Topliss-reactive ketones (excluding diaryl/α,β-unsaturated/α-hetero) is 1. The first kappa shape index (κ1) is 24.0. The third-order valence-corrected chi connectivity index (χ3v) is 6.67. The third-order valence-electron chi connectivity index (χ3n) is 6.67. The number of ether oxygens (including phenoxy) is 5. The molecule has 3 aliphatic heterocycles. The summed E-state index contributed by atoms with van der Waals surface area (Å²) in [6, 6.07) is 9.28. The van der Waals surface area contributed by atoms with E-state index in [1.807, 2.05) is 0 Å². The van der Waals surface area contributed by atoms with Crippen molar-refractivity contribution in [1.29, 1.82) is 0 Å². The van der Waals surface area contributed by atoms with Crippen LogP contribution in [0.5, 0.6) is 23.0 Å². The number of likely N-dealkylation sites (tertiary alicyclic amines) is 1. The smallest absolute Gasteiger partial charge is 0.295 e. The molecule has 5 rings (SSSR count). The summed E-state index contributed by atoms with van der Waals surface area (Å²) in [6.45, 7) is 3.65. The Bertz CT molecular complexity index is 1200. The van der Waals surface area contributed by atoms with Crippen molar-refractivity contribution < 1.29 is 38.4 Å². The number of carbonyl (C=O) groups excluding carboxylic acids is 2. The van der Waals surface area contributed by atoms with Gasteiger partial charge in [-0.15, -0.1) is 0 Å². The molecule has 10 nitrogen and oxygen atoms in total. The van der Waals surface area contributed by atoms with Crippen molar-refractivity contribution in [3.8, 4) is 23.0 Å². The Balaban J connectivity index is 1.60. The second kappa shape index (κ2) is 10.1. The van der Waals surface area contributed by atoms with Crippen LogP contribution in [0.25, 0.3) is 5.76 Å². The first-order chi connectivity index (χ1) is 17.5. The average Bonchev–Trinajstić information content (AvgIpc) is 3.48. The summed E-state index contributed by atoms with van der Waals surface area (Å²) in [6.07, 6.45) is 0. The van der Waals surface area contributed by atoms with E-state index >= 15 is 0 Å². The van der Waals surface area contributed by atoms with Crippen molar-refractivity contribution in [3.63, 3.8) is 0 Å². The number of methoxy groups -OCH3 is 2. The normalized spacial score (nSPS) is 21.2. The summed E-state index contributed by atoms with van der Waals surface area (Å²) in [5, 5.41) is 11.4. The molecule has 0 radical (unpaired) electrons. The number of amides is 1. The third kappa shape index (κ3) is 4.22. The van der Waals surface area contributed by atoms with Crippen molar-refractivity contribution in [1.82, 2.24) is 9.80 Å². The van der Waals surface area contributed by atoms with Crippen LogP contribution in [0.3, 0.4) is 0 Å². The van der Waals surface area contributed by atoms with Crippen molar-refractivity contribution in [2.45, 2.75) is 6.04 Å². The zero-order valence-corrected chi connectivity index (χ0v) is 20.2. The highest BCUT2D eigenvalue weighted by Gasteiger charge is 2.47. The van der Waals surface area contributed by atoms with Gasteiger partial charge in [0.05, 0.1) is 39.0 Å². The minimum atomic E-state index is -0.874. The van der Waals surface area contributed by atoms with Crippen LogP contribution in [0.15, 0.2) is 42.0 Å². The molecule has 0 bridgehead atoms. The van der Waals surface area contributed by atoms with Gasteiger partial charge in [-0.2, -0.15) is 0 Å². The summed E-state index contributed by atoms with van der Waals surface area (Å²) in [5.74, 6) is 0.106. The number of carbonyl (C=O) groups is 2. The molecule has 0 spiro atoms. The number of morpholine rings is 1. The largest absolute Gasteiger partial charge is 0.507 e. The molecule has 1 N–H and O–H groups in total. The molecule has 2 fully saturated rings. The van der Waals surface area contributed by atoms with E-state index < -0.39 is 17.7 Å². The first-order valence-corrected chi connectivity index (χ1v) is 11.7. The van der Waals surface area contributed by atoms with Crippen molar-refractivity contribution in [2.24, 2.45) is 0 Å². The monoisotopic (exact) mass is 496 g/mol. The fourth-order valence-corrected chi connectivity index (χ4v) is 4.83. The number of para-hydroxylation sites is 1. The molecule has 10 heteroatoms. The Kier molecular flexibility index (Phi) is 6.71. The van der Waals surface area contributed by atoms with Gasteiger partial charge in [-0.25, -0.2) is 0 Å². The number of ketones is 1. The second-order valence-corrected chi connectivity index (χ2v) is 8.60. The molecule has 0 saturated carbocycles. The quantitative estimate of drug-likeness (QED) is 0.351. The fraction of sp³-hybridized carbons (Fsp3) is 0.385. The summed E-state index contributed by atoms with van der Waals surface area (Å²) >= 11 is 0. The maximum absolute atomic E-state index is 13.4. The number of aliphatic hydroxyl groups excluding tert-OH is 1. The molecule has 36 heavy (non-hydrogen) atoms. The van der Waals surface area contributed by atoms with E-state index in [0.29, 0.717) is 53.9 Å². The summed E-state index contributed by atoms with van der Waals surface area (Å²) < 4.78 is 27.3. The lowest BCUT2D eigenvalue weighted by Gasteiger charge is -2.31. The average molecular weight is 497 g/mol. The Morgan fingerprint density at radius 1 is 1.03 bits per heavy atom. The number of benzene rings is 2. The number of aliphatic hydroxyl groups is 1. The second-order valence-electron chi connectivity index (χ2n) is 8.60. The van der Waals surface area contributed by atoms with Crippen molar-refractivity contribution in [3.05, 3.63) is 53.1 Å². The predicted octanol–water partition coefficient (Wildman–Crippen LogP) is 2.19. The van der Waals surface area contributed by atoms with E-state index in [0.717, 1.165) is 13.1 Å². The lowest BCUT2D eigenvalue weighted by molar-refractivity contribution is -0.140. The number of nitrogens with zero attached hydrogens (tertiary/aromatic N) is 2. The molecule has 2 aromatic carbocycles. The van der Waals surface area contributed by atoms with E-state index in [-0.39, 0.29) is 24.7 Å². The number of fused-ring (bicyclic) bond motifs is 1. The van der Waals surface area contributed by atoms with E-state index in [9.17, 15) is 14.7 Å². The van der Waals surface area contributed by atoms with Crippen LogP contribution in [0.4, 0.5) is 0 Å². The van der Waals surface area contributed by atoms with Crippen LogP contribution in [-0.2, 0) is 14.3 Å². The molecule has 0 aliphatic carbocycles. The molecule has 3 aliphatic rings. The van der Waals surface area contributed by atoms with Gasteiger partial charge in [0.2, 0.25) is 6.79 Å². The summed E-state index contributed by atoms with van der Waals surface area (Å²) in [7, 11) is 3.02. The lowest BCUT2D eigenvalue weighted by atomic mass is 9.94. The number of rotatable bonds is 7. The SMILES string of the molecule is COc1cccc(C2/C(=C(\O)c3ccc4c(c3)OCO4)C(=O)C(=O)N2CCN2CCOCC2)c1OC. The molecule has 2 saturated heterocycles. The minimum absolute atomic E-state index is 0.0209. The molecule has 190 valence electrons. The zero-order valence-electron chi connectivity index (χ0n) is 20.2. The number of hydrogen-bond donors (Lipinski definition) is 1. The maximum Gasteiger partial charge on any atom is 0.295 e. The van der Waals surface area contributed by atoms with Crippen molar-refractivity contribution >= 4 is 17.4 Å². The molecular weight excluding hydrogens is 468 g/mol. The van der Waals surface area contributed by atoms with E-state index in [1.54, 1.807) is 36.4 Å². The van der Waals surface area contributed by atoms with E-state index in [1.165, 1.54) is 19.1 Å². The van der Waals surface area contributed by atoms with Crippen LogP contribution in [0, 0.1) is 0 Å². The van der Waals surface area contributed by atoms with E-state index in [2.05, 4.69) is 4.90 Å². The van der Waals surface area contributed by atoms with Crippen LogP contribution in [0.1, 0.15) is 17.2 Å². The molecule has 3 heterocycles. The highest BCUT2D eigenvalue weighted by Crippen LogP contribution is 2.46. The van der Waals surface area contributed by atoms with Gasteiger partial charge in [0, 0.05) is 37.3 Å². The van der Waals surface area contributed by atoms with E-state index in [4.69, 9.17) is 23.7 Å².